The van der Waals surface area contributed by atoms with Gasteiger partial charge < -0.3 is 4.90 Å². The van der Waals surface area contributed by atoms with Crippen molar-refractivity contribution in [3.05, 3.63) is 112 Å². The fourth-order valence-electron chi connectivity index (χ4n) is 6.38. The zero-order valence-corrected chi connectivity index (χ0v) is 25.6. The van der Waals surface area contributed by atoms with Gasteiger partial charge in [-0.3, -0.25) is 4.79 Å². The van der Waals surface area contributed by atoms with E-state index in [9.17, 15) is 13.2 Å². The molecule has 1 aliphatic heterocycles. The second-order valence-electron chi connectivity index (χ2n) is 11.9. The lowest BCUT2D eigenvalue weighted by molar-refractivity contribution is -0.113. The lowest BCUT2D eigenvalue weighted by Gasteiger charge is -2.37. The highest BCUT2D eigenvalue weighted by atomic mass is 32.2. The highest BCUT2D eigenvalue weighted by molar-refractivity contribution is 7.89. The minimum atomic E-state index is -3.96. The molecule has 8 heteroatoms. The van der Waals surface area contributed by atoms with Crippen LogP contribution in [0.5, 0.6) is 0 Å². The molecule has 220 valence electrons. The number of carbonyl (C=O) groups excluding carboxylic acids is 1. The van der Waals surface area contributed by atoms with E-state index in [4.69, 9.17) is 0 Å². The van der Waals surface area contributed by atoms with Crippen LogP contribution in [0.25, 0.3) is 11.6 Å². The van der Waals surface area contributed by atoms with Crippen molar-refractivity contribution >= 4 is 44.6 Å². The molecular formula is C35H35N3O3S2. The Bertz CT molecular complexity index is 1690. The van der Waals surface area contributed by atoms with E-state index < -0.39 is 16.1 Å². The summed E-state index contributed by atoms with van der Waals surface area (Å²) in [5.41, 5.74) is 3.83. The van der Waals surface area contributed by atoms with Crippen LogP contribution in [0.4, 0.5) is 5.69 Å². The van der Waals surface area contributed by atoms with E-state index in [0.29, 0.717) is 36.1 Å². The predicted octanol–water partition coefficient (Wildman–Crippen LogP) is 7.41. The molecule has 7 rings (SSSR count). The number of fused-ring (bicyclic) bond motifs is 1. The Labute approximate surface area is 257 Å². The number of nitrogens with zero attached hydrogens (tertiary/aromatic N) is 3. The molecule has 0 radical (unpaired) electrons. The molecule has 2 fully saturated rings. The average molecular weight is 610 g/mol. The molecule has 2 aliphatic carbocycles. The van der Waals surface area contributed by atoms with E-state index in [1.54, 1.807) is 22.6 Å². The van der Waals surface area contributed by atoms with Crippen LogP contribution in [-0.4, -0.2) is 36.7 Å². The standard InChI is InChI=1S/C35H35N3O3S2/c39-35-31(22-33-36-19-20-42-33)30-21-29(17-18-32(30)37(35)23-25-9-7-10-25)43(40,41)38(24-26-11-8-12-26)34(27-13-3-1-4-14-27)28-15-5-2-6-16-28/h1-6,13-22,25-26,34H,7-12,23-24H2/b31-22+. The molecule has 2 heterocycles. The average Bonchev–Trinajstić information content (AvgIpc) is 3.59. The third-order valence-electron chi connectivity index (χ3n) is 9.20. The van der Waals surface area contributed by atoms with Crippen LogP contribution in [0.3, 0.4) is 0 Å². The van der Waals surface area contributed by atoms with Gasteiger partial charge in [-0.15, -0.1) is 11.3 Å². The first kappa shape index (κ1) is 28.2. The summed E-state index contributed by atoms with van der Waals surface area (Å²) in [7, 11) is -3.96. The summed E-state index contributed by atoms with van der Waals surface area (Å²) in [6.45, 7) is 1.10. The summed E-state index contributed by atoms with van der Waals surface area (Å²) >= 11 is 1.46. The molecular weight excluding hydrogens is 575 g/mol. The quantitative estimate of drug-likeness (QED) is 0.176. The molecule has 0 atom stereocenters. The number of hydrogen-bond donors (Lipinski definition) is 0. The molecule has 0 N–H and O–H groups in total. The number of carbonyl (C=O) groups is 1. The summed E-state index contributed by atoms with van der Waals surface area (Å²) in [6, 6.07) is 24.6. The smallest absolute Gasteiger partial charge is 0.259 e. The zero-order chi connectivity index (χ0) is 29.4. The van der Waals surface area contributed by atoms with Gasteiger partial charge >= 0.3 is 0 Å². The molecule has 0 bridgehead atoms. The predicted molar refractivity (Wildman–Crippen MR) is 172 cm³/mol. The number of amides is 1. The lowest BCUT2D eigenvalue weighted by atomic mass is 9.85. The highest BCUT2D eigenvalue weighted by Crippen LogP contribution is 2.43. The van der Waals surface area contributed by atoms with E-state index in [-0.39, 0.29) is 10.8 Å². The van der Waals surface area contributed by atoms with Crippen LogP contribution in [0.15, 0.2) is 95.3 Å². The van der Waals surface area contributed by atoms with Crippen molar-refractivity contribution in [3.63, 3.8) is 0 Å². The van der Waals surface area contributed by atoms with Gasteiger partial charge in [-0.05, 0) is 72.9 Å². The topological polar surface area (TPSA) is 70.6 Å². The molecule has 2 saturated carbocycles. The van der Waals surface area contributed by atoms with Gasteiger partial charge in [-0.2, -0.15) is 4.31 Å². The second kappa shape index (κ2) is 11.8. The Hall–Kier alpha value is -3.59. The summed E-state index contributed by atoms with van der Waals surface area (Å²) in [6.07, 6.45) is 10.1. The molecule has 1 aromatic heterocycles. The fourth-order valence-corrected chi connectivity index (χ4v) is 8.66. The lowest BCUT2D eigenvalue weighted by Crippen LogP contribution is -2.40. The SMILES string of the molecule is O=C1/C(=C/c2nccs2)c2cc(S(=O)(=O)N(CC3CCC3)C(c3ccccc3)c3ccccc3)ccc2N1CC1CCC1. The Morgan fingerprint density at radius 3 is 2.12 bits per heavy atom. The van der Waals surface area contributed by atoms with Crippen LogP contribution in [-0.2, 0) is 14.8 Å². The number of aromatic nitrogens is 1. The number of hydrogen-bond acceptors (Lipinski definition) is 5. The summed E-state index contributed by atoms with van der Waals surface area (Å²) in [4.78, 5) is 20.2. The van der Waals surface area contributed by atoms with Crippen molar-refractivity contribution in [2.24, 2.45) is 11.8 Å². The molecule has 0 spiro atoms. The number of anilines is 1. The summed E-state index contributed by atoms with van der Waals surface area (Å²) < 4.78 is 31.3. The molecule has 3 aliphatic rings. The largest absolute Gasteiger partial charge is 0.307 e. The van der Waals surface area contributed by atoms with E-state index in [1.807, 2.05) is 83.1 Å². The van der Waals surface area contributed by atoms with Crippen molar-refractivity contribution < 1.29 is 13.2 Å². The number of sulfonamides is 1. The summed E-state index contributed by atoms with van der Waals surface area (Å²) in [5.74, 6) is 0.721. The van der Waals surface area contributed by atoms with Crippen LogP contribution >= 0.6 is 11.3 Å². The first-order valence-corrected chi connectivity index (χ1v) is 17.5. The number of rotatable bonds is 10. The Morgan fingerprint density at radius 2 is 1.56 bits per heavy atom. The van der Waals surface area contributed by atoms with Gasteiger partial charge in [0, 0.05) is 30.2 Å². The van der Waals surface area contributed by atoms with E-state index in [2.05, 4.69) is 4.98 Å². The Kier molecular flexibility index (Phi) is 7.76. The first-order chi connectivity index (χ1) is 21.0. The fraction of sp³-hybridized carbons (Fsp3) is 0.314. The number of benzene rings is 3. The Balaban J connectivity index is 1.34. The molecule has 0 unspecified atom stereocenters. The normalized spacial score (nSPS) is 18.3. The molecule has 6 nitrogen and oxygen atoms in total. The Morgan fingerprint density at radius 1 is 0.907 bits per heavy atom. The third kappa shape index (κ3) is 5.48. The molecule has 43 heavy (non-hydrogen) atoms. The molecule has 4 aromatic rings. The molecule has 1 amide bonds. The summed E-state index contributed by atoms with van der Waals surface area (Å²) in [5, 5.41) is 2.61. The van der Waals surface area contributed by atoms with Crippen molar-refractivity contribution in [3.8, 4) is 0 Å². The van der Waals surface area contributed by atoms with Crippen LogP contribution < -0.4 is 4.90 Å². The molecule has 3 aromatic carbocycles. The maximum Gasteiger partial charge on any atom is 0.259 e. The van der Waals surface area contributed by atoms with Crippen LogP contribution in [0.1, 0.15) is 66.3 Å². The molecule has 0 saturated heterocycles. The zero-order valence-electron chi connectivity index (χ0n) is 24.0. The van der Waals surface area contributed by atoms with Crippen molar-refractivity contribution in [2.45, 2.75) is 49.5 Å². The van der Waals surface area contributed by atoms with E-state index in [1.165, 1.54) is 17.8 Å². The van der Waals surface area contributed by atoms with E-state index in [0.717, 1.165) is 53.9 Å². The van der Waals surface area contributed by atoms with Crippen molar-refractivity contribution in [1.29, 1.82) is 0 Å². The van der Waals surface area contributed by atoms with Crippen molar-refractivity contribution in [2.75, 3.05) is 18.0 Å². The van der Waals surface area contributed by atoms with Gasteiger partial charge in [0.15, 0.2) is 0 Å². The second-order valence-corrected chi connectivity index (χ2v) is 14.7. The van der Waals surface area contributed by atoms with Crippen molar-refractivity contribution in [1.82, 2.24) is 9.29 Å². The highest BCUT2D eigenvalue weighted by Gasteiger charge is 2.40. The van der Waals surface area contributed by atoms with Crippen LogP contribution in [0.2, 0.25) is 0 Å². The van der Waals surface area contributed by atoms with Gasteiger partial charge in [0.05, 0.1) is 22.2 Å². The number of thiazole rings is 1. The van der Waals surface area contributed by atoms with Gasteiger partial charge in [-0.1, -0.05) is 73.5 Å². The van der Waals surface area contributed by atoms with Gasteiger partial charge in [0.1, 0.15) is 5.01 Å². The minimum Gasteiger partial charge on any atom is -0.307 e. The van der Waals surface area contributed by atoms with E-state index >= 15 is 0 Å². The maximum atomic E-state index is 14.8. The maximum absolute atomic E-state index is 14.8. The van der Waals surface area contributed by atoms with Gasteiger partial charge in [-0.25, -0.2) is 13.4 Å². The van der Waals surface area contributed by atoms with Crippen LogP contribution in [0, 0.1) is 11.8 Å². The minimum absolute atomic E-state index is 0.0792. The monoisotopic (exact) mass is 609 g/mol. The van der Waals surface area contributed by atoms with Gasteiger partial charge in [0.2, 0.25) is 10.0 Å². The third-order valence-corrected chi connectivity index (χ3v) is 11.7. The first-order valence-electron chi connectivity index (χ1n) is 15.2. The van der Waals surface area contributed by atoms with Gasteiger partial charge in [0.25, 0.3) is 5.91 Å².